The Bertz CT molecular complexity index is 431. The van der Waals surface area contributed by atoms with Gasteiger partial charge in [-0.05, 0) is 43.4 Å². The minimum absolute atomic E-state index is 0.194. The van der Waals surface area contributed by atoms with Crippen LogP contribution in [0.5, 0.6) is 0 Å². The molecule has 0 radical (unpaired) electrons. The zero-order chi connectivity index (χ0) is 13.2. The van der Waals surface area contributed by atoms with E-state index in [0.29, 0.717) is 0 Å². The van der Waals surface area contributed by atoms with Crippen molar-refractivity contribution >= 4 is 6.08 Å². The average molecular weight is 255 g/mol. The van der Waals surface area contributed by atoms with Gasteiger partial charge in [0, 0.05) is 6.04 Å². The highest BCUT2D eigenvalue weighted by Crippen LogP contribution is 2.30. The first-order valence-corrected chi connectivity index (χ1v) is 6.07. The molecule has 0 bridgehead atoms. The van der Waals surface area contributed by atoms with Crippen molar-refractivity contribution in [2.24, 2.45) is 5.73 Å². The largest absolute Gasteiger partial charge is 0.416 e. The molecule has 1 atom stereocenters. The van der Waals surface area contributed by atoms with Gasteiger partial charge in [0.15, 0.2) is 0 Å². The van der Waals surface area contributed by atoms with E-state index in [1.807, 2.05) is 6.08 Å². The lowest BCUT2D eigenvalue weighted by atomic mass is 9.90. The van der Waals surface area contributed by atoms with Crippen LogP contribution in [0.25, 0.3) is 6.08 Å². The van der Waals surface area contributed by atoms with E-state index in [1.165, 1.54) is 17.7 Å². The Morgan fingerprint density at radius 3 is 2.39 bits per heavy atom. The number of halogens is 3. The van der Waals surface area contributed by atoms with Gasteiger partial charge in [0.05, 0.1) is 5.56 Å². The Balaban J connectivity index is 2.13. The molecular weight excluding hydrogens is 239 g/mol. The van der Waals surface area contributed by atoms with E-state index in [0.717, 1.165) is 43.4 Å². The second-order valence-electron chi connectivity index (χ2n) is 4.78. The van der Waals surface area contributed by atoms with Crippen LogP contribution in [0.2, 0.25) is 0 Å². The quantitative estimate of drug-likeness (QED) is 0.806. The molecule has 1 aromatic rings. The lowest BCUT2D eigenvalue weighted by molar-refractivity contribution is -0.137. The molecule has 0 saturated heterocycles. The predicted octanol–water partition coefficient (Wildman–Crippen LogP) is 3.99. The lowest BCUT2D eigenvalue weighted by Crippen LogP contribution is -2.23. The Labute approximate surface area is 104 Å². The van der Waals surface area contributed by atoms with Gasteiger partial charge in [-0.3, -0.25) is 0 Å². The van der Waals surface area contributed by atoms with Crippen molar-refractivity contribution in [1.82, 2.24) is 0 Å². The summed E-state index contributed by atoms with van der Waals surface area (Å²) >= 11 is 0. The average Bonchev–Trinajstić information content (AvgIpc) is 2.28. The molecule has 1 aliphatic carbocycles. The summed E-state index contributed by atoms with van der Waals surface area (Å²) in [7, 11) is 0. The molecule has 0 spiro atoms. The van der Waals surface area contributed by atoms with Crippen LogP contribution >= 0.6 is 0 Å². The molecule has 2 N–H and O–H groups in total. The fourth-order valence-electron chi connectivity index (χ4n) is 2.27. The van der Waals surface area contributed by atoms with Crippen molar-refractivity contribution < 1.29 is 13.2 Å². The highest BCUT2D eigenvalue weighted by Gasteiger charge is 2.29. The Kier molecular flexibility index (Phi) is 3.76. The maximum atomic E-state index is 12.4. The van der Waals surface area contributed by atoms with Gasteiger partial charge in [-0.25, -0.2) is 0 Å². The van der Waals surface area contributed by atoms with Gasteiger partial charge < -0.3 is 5.73 Å². The number of rotatable bonds is 1. The zero-order valence-electron chi connectivity index (χ0n) is 10.0. The van der Waals surface area contributed by atoms with E-state index in [9.17, 15) is 13.2 Å². The Hall–Kier alpha value is -1.29. The van der Waals surface area contributed by atoms with Gasteiger partial charge in [0.25, 0.3) is 0 Å². The maximum Gasteiger partial charge on any atom is 0.416 e. The Morgan fingerprint density at radius 1 is 1.17 bits per heavy atom. The van der Waals surface area contributed by atoms with Crippen molar-refractivity contribution in [2.45, 2.75) is 37.9 Å². The fourth-order valence-corrected chi connectivity index (χ4v) is 2.27. The van der Waals surface area contributed by atoms with Gasteiger partial charge in [0.1, 0.15) is 0 Å². The van der Waals surface area contributed by atoms with Crippen LogP contribution in [-0.2, 0) is 6.18 Å². The molecule has 0 heterocycles. The summed E-state index contributed by atoms with van der Waals surface area (Å²) < 4.78 is 37.2. The monoisotopic (exact) mass is 255 g/mol. The highest BCUT2D eigenvalue weighted by molar-refractivity contribution is 5.53. The van der Waals surface area contributed by atoms with Crippen LogP contribution in [0.3, 0.4) is 0 Å². The van der Waals surface area contributed by atoms with Crippen LogP contribution < -0.4 is 5.73 Å². The fraction of sp³-hybridized carbons (Fsp3) is 0.429. The molecule has 0 aromatic heterocycles. The van der Waals surface area contributed by atoms with Gasteiger partial charge in [-0.1, -0.05) is 23.8 Å². The van der Waals surface area contributed by atoms with E-state index in [1.54, 1.807) is 0 Å². The normalized spacial score (nSPS) is 23.3. The van der Waals surface area contributed by atoms with Crippen LogP contribution in [0, 0.1) is 0 Å². The number of hydrogen-bond donors (Lipinski definition) is 1. The van der Waals surface area contributed by atoms with Crippen molar-refractivity contribution in [1.29, 1.82) is 0 Å². The minimum atomic E-state index is -4.27. The standard InChI is InChI=1S/C14H16F3N/c15-14(16,17)12-6-4-10(5-7-12)8-11-2-1-3-13(18)9-11/h4-8,13H,1-3,9,18H2/b11-8+. The summed E-state index contributed by atoms with van der Waals surface area (Å²) in [5.41, 5.74) is 7.31. The number of nitrogens with two attached hydrogens (primary N) is 1. The summed E-state index contributed by atoms with van der Waals surface area (Å²) in [4.78, 5) is 0. The van der Waals surface area contributed by atoms with Crippen molar-refractivity contribution in [2.75, 3.05) is 0 Å². The van der Waals surface area contributed by atoms with Crippen molar-refractivity contribution in [3.63, 3.8) is 0 Å². The number of hydrogen-bond acceptors (Lipinski definition) is 1. The van der Waals surface area contributed by atoms with Crippen molar-refractivity contribution in [3.05, 3.63) is 41.0 Å². The smallest absolute Gasteiger partial charge is 0.327 e. The summed E-state index contributed by atoms with van der Waals surface area (Å²) in [6.45, 7) is 0. The molecule has 4 heteroatoms. The minimum Gasteiger partial charge on any atom is -0.327 e. The topological polar surface area (TPSA) is 26.0 Å². The first-order chi connectivity index (χ1) is 8.45. The SMILES string of the molecule is NC1CCC/C(=C\c2ccc(C(F)(F)F)cc2)C1. The van der Waals surface area contributed by atoms with Crippen LogP contribution in [-0.4, -0.2) is 6.04 Å². The molecular formula is C14H16F3N. The third kappa shape index (κ3) is 3.35. The number of benzene rings is 1. The van der Waals surface area contributed by atoms with E-state index < -0.39 is 11.7 Å². The summed E-state index contributed by atoms with van der Waals surface area (Å²) in [5.74, 6) is 0. The van der Waals surface area contributed by atoms with Crippen LogP contribution in [0.1, 0.15) is 36.8 Å². The second kappa shape index (κ2) is 5.14. The van der Waals surface area contributed by atoms with Crippen LogP contribution in [0.4, 0.5) is 13.2 Å². The van der Waals surface area contributed by atoms with Crippen LogP contribution in [0.15, 0.2) is 29.8 Å². The second-order valence-corrected chi connectivity index (χ2v) is 4.78. The molecule has 1 aliphatic rings. The summed E-state index contributed by atoms with van der Waals surface area (Å²) in [5, 5.41) is 0. The third-order valence-corrected chi connectivity index (χ3v) is 3.21. The third-order valence-electron chi connectivity index (χ3n) is 3.21. The molecule has 0 aliphatic heterocycles. The van der Waals surface area contributed by atoms with Gasteiger partial charge in [-0.15, -0.1) is 0 Å². The predicted molar refractivity (Wildman–Crippen MR) is 65.9 cm³/mol. The number of alkyl halides is 3. The van der Waals surface area contributed by atoms with E-state index >= 15 is 0 Å². The lowest BCUT2D eigenvalue weighted by Gasteiger charge is -2.20. The Morgan fingerprint density at radius 2 is 1.83 bits per heavy atom. The maximum absolute atomic E-state index is 12.4. The molecule has 1 fully saturated rings. The van der Waals surface area contributed by atoms with E-state index in [-0.39, 0.29) is 6.04 Å². The molecule has 98 valence electrons. The van der Waals surface area contributed by atoms with Gasteiger partial charge in [-0.2, -0.15) is 13.2 Å². The van der Waals surface area contributed by atoms with Gasteiger partial charge in [0.2, 0.25) is 0 Å². The molecule has 0 amide bonds. The van der Waals surface area contributed by atoms with E-state index in [2.05, 4.69) is 0 Å². The zero-order valence-corrected chi connectivity index (χ0v) is 10.0. The first-order valence-electron chi connectivity index (χ1n) is 6.07. The molecule has 1 unspecified atom stereocenters. The molecule has 1 aromatic carbocycles. The first kappa shape index (κ1) is 13.1. The summed E-state index contributed by atoms with van der Waals surface area (Å²) in [6, 6.07) is 5.45. The van der Waals surface area contributed by atoms with Gasteiger partial charge >= 0.3 is 6.18 Å². The molecule has 2 rings (SSSR count). The summed E-state index contributed by atoms with van der Waals surface area (Å²) in [6.07, 6.45) is 1.63. The molecule has 1 nitrogen and oxygen atoms in total. The van der Waals surface area contributed by atoms with E-state index in [4.69, 9.17) is 5.73 Å². The highest BCUT2D eigenvalue weighted by atomic mass is 19.4. The molecule has 18 heavy (non-hydrogen) atoms. The van der Waals surface area contributed by atoms with Crippen molar-refractivity contribution in [3.8, 4) is 0 Å². The molecule has 1 saturated carbocycles.